The van der Waals surface area contributed by atoms with E-state index in [2.05, 4.69) is 34.2 Å². The van der Waals surface area contributed by atoms with Gasteiger partial charge in [-0.05, 0) is 54.2 Å². The highest BCUT2D eigenvalue weighted by molar-refractivity contribution is 5.92. The molecule has 26 heavy (non-hydrogen) atoms. The first kappa shape index (κ1) is 17.0. The fourth-order valence-electron chi connectivity index (χ4n) is 4.47. The summed E-state index contributed by atoms with van der Waals surface area (Å²) in [5.74, 6) is 0.367. The second-order valence-corrected chi connectivity index (χ2v) is 7.92. The van der Waals surface area contributed by atoms with Gasteiger partial charge in [-0.2, -0.15) is 0 Å². The van der Waals surface area contributed by atoms with Crippen LogP contribution in [-0.4, -0.2) is 33.9 Å². The van der Waals surface area contributed by atoms with Crippen molar-refractivity contribution in [3.63, 3.8) is 0 Å². The summed E-state index contributed by atoms with van der Waals surface area (Å²) in [5.41, 5.74) is 10.3. The second-order valence-electron chi connectivity index (χ2n) is 7.92. The minimum Gasteiger partial charge on any atom is -0.368 e. The Kier molecular flexibility index (Phi) is 4.17. The Hall–Kier alpha value is -2.43. The number of benzene rings is 1. The monoisotopic (exact) mass is 350 g/mol. The van der Waals surface area contributed by atoms with E-state index in [1.165, 1.54) is 17.5 Å². The Balaban J connectivity index is 1.51. The van der Waals surface area contributed by atoms with E-state index in [0.717, 1.165) is 38.0 Å². The van der Waals surface area contributed by atoms with Gasteiger partial charge in [-0.25, -0.2) is 9.97 Å². The smallest absolute Gasteiger partial charge is 0.272 e. The molecular formula is C21H26N4O. The van der Waals surface area contributed by atoms with E-state index < -0.39 is 0 Å². The largest absolute Gasteiger partial charge is 0.368 e. The number of aromatic nitrogens is 2. The normalized spacial score (nSPS) is 18.3. The standard InChI is InChI=1S/C21H26N4O/c1-14(2)17-13-18(24-20(22)23-17)19(26)25-11-9-21(10-12-25)8-7-15-5-3-4-6-16(15)21/h3-6,13-14H,7-12H2,1-2H3,(H2,22,23,24). The molecule has 1 fully saturated rings. The first-order chi connectivity index (χ1) is 12.5. The number of rotatable bonds is 2. The van der Waals surface area contributed by atoms with Gasteiger partial charge >= 0.3 is 0 Å². The van der Waals surface area contributed by atoms with E-state index in [0.29, 0.717) is 5.69 Å². The lowest BCUT2D eigenvalue weighted by Gasteiger charge is -2.40. The van der Waals surface area contributed by atoms with E-state index >= 15 is 0 Å². The van der Waals surface area contributed by atoms with Gasteiger partial charge in [-0.1, -0.05) is 38.1 Å². The first-order valence-corrected chi connectivity index (χ1v) is 9.51. The summed E-state index contributed by atoms with van der Waals surface area (Å²) in [7, 11) is 0. The molecule has 1 aliphatic heterocycles. The van der Waals surface area contributed by atoms with Crippen molar-refractivity contribution >= 4 is 11.9 Å². The molecule has 4 rings (SSSR count). The highest BCUT2D eigenvalue weighted by Gasteiger charge is 2.41. The average Bonchev–Trinajstić information content (AvgIpc) is 3.00. The number of hydrogen-bond donors (Lipinski definition) is 1. The average molecular weight is 350 g/mol. The Morgan fingerprint density at radius 2 is 1.88 bits per heavy atom. The van der Waals surface area contributed by atoms with Crippen LogP contribution in [-0.2, 0) is 11.8 Å². The van der Waals surface area contributed by atoms with Crippen molar-refractivity contribution < 1.29 is 4.79 Å². The SMILES string of the molecule is CC(C)c1cc(C(=O)N2CCC3(CCc4ccccc43)CC2)nc(N)n1. The van der Waals surface area contributed by atoms with Crippen LogP contribution in [0.5, 0.6) is 0 Å². The lowest BCUT2D eigenvalue weighted by atomic mass is 9.74. The molecule has 1 saturated heterocycles. The van der Waals surface area contributed by atoms with Crippen molar-refractivity contribution in [3.8, 4) is 0 Å². The molecule has 1 aliphatic carbocycles. The zero-order valence-electron chi connectivity index (χ0n) is 15.5. The second kappa shape index (κ2) is 6.38. The first-order valence-electron chi connectivity index (χ1n) is 9.51. The minimum atomic E-state index is -0.0258. The number of likely N-dealkylation sites (tertiary alicyclic amines) is 1. The summed E-state index contributed by atoms with van der Waals surface area (Å²) in [6, 6.07) is 10.6. The van der Waals surface area contributed by atoms with Crippen LogP contribution in [0.15, 0.2) is 30.3 Å². The van der Waals surface area contributed by atoms with Gasteiger partial charge in [0.1, 0.15) is 5.69 Å². The summed E-state index contributed by atoms with van der Waals surface area (Å²) < 4.78 is 0. The van der Waals surface area contributed by atoms with Crippen LogP contribution in [0.3, 0.4) is 0 Å². The summed E-state index contributed by atoms with van der Waals surface area (Å²) in [5, 5.41) is 0. The number of aryl methyl sites for hydroxylation is 1. The number of nitrogen functional groups attached to an aromatic ring is 1. The Morgan fingerprint density at radius 3 is 2.62 bits per heavy atom. The molecule has 5 nitrogen and oxygen atoms in total. The lowest BCUT2D eigenvalue weighted by molar-refractivity contribution is 0.0660. The van der Waals surface area contributed by atoms with Crippen LogP contribution in [0, 0.1) is 0 Å². The molecule has 0 saturated carbocycles. The molecule has 1 amide bonds. The molecule has 0 radical (unpaired) electrons. The highest BCUT2D eigenvalue weighted by atomic mass is 16.2. The third-order valence-electron chi connectivity index (χ3n) is 6.04. The molecule has 1 spiro atoms. The maximum absolute atomic E-state index is 13.0. The number of nitrogens with two attached hydrogens (primary N) is 1. The molecule has 5 heteroatoms. The van der Waals surface area contributed by atoms with Gasteiger partial charge in [0, 0.05) is 18.8 Å². The Bertz CT molecular complexity index is 838. The maximum atomic E-state index is 13.0. The molecule has 136 valence electrons. The van der Waals surface area contributed by atoms with Gasteiger partial charge in [0.05, 0.1) is 0 Å². The predicted molar refractivity (Wildman–Crippen MR) is 102 cm³/mol. The van der Waals surface area contributed by atoms with Crippen LogP contribution in [0.1, 0.15) is 66.3 Å². The van der Waals surface area contributed by atoms with Gasteiger partial charge in [0.2, 0.25) is 5.95 Å². The Labute approximate surface area is 154 Å². The number of hydrogen-bond acceptors (Lipinski definition) is 4. The van der Waals surface area contributed by atoms with Crippen LogP contribution < -0.4 is 5.73 Å². The number of carbonyl (C=O) groups is 1. The van der Waals surface area contributed by atoms with Crippen molar-refractivity contribution in [2.24, 2.45) is 0 Å². The summed E-state index contributed by atoms with van der Waals surface area (Å²) in [4.78, 5) is 23.3. The van der Waals surface area contributed by atoms with Crippen molar-refractivity contribution in [2.75, 3.05) is 18.8 Å². The topological polar surface area (TPSA) is 72.1 Å². The zero-order valence-corrected chi connectivity index (χ0v) is 15.5. The van der Waals surface area contributed by atoms with Crippen molar-refractivity contribution in [3.05, 3.63) is 52.8 Å². The van der Waals surface area contributed by atoms with E-state index in [4.69, 9.17) is 5.73 Å². The molecule has 1 aromatic heterocycles. The van der Waals surface area contributed by atoms with E-state index in [1.807, 2.05) is 18.7 Å². The number of piperidine rings is 1. The summed E-state index contributed by atoms with van der Waals surface area (Å²) >= 11 is 0. The van der Waals surface area contributed by atoms with Crippen molar-refractivity contribution in [2.45, 2.75) is 50.9 Å². The molecule has 2 aliphatic rings. The highest BCUT2D eigenvalue weighted by Crippen LogP contribution is 2.46. The summed E-state index contributed by atoms with van der Waals surface area (Å²) in [6.45, 7) is 5.62. The number of amides is 1. The predicted octanol–water partition coefficient (Wildman–Crippen LogP) is 3.30. The van der Waals surface area contributed by atoms with E-state index in [1.54, 1.807) is 6.07 Å². The number of fused-ring (bicyclic) bond motifs is 2. The van der Waals surface area contributed by atoms with Crippen LogP contribution >= 0.6 is 0 Å². The molecule has 2 aromatic rings. The van der Waals surface area contributed by atoms with Crippen molar-refractivity contribution in [1.29, 1.82) is 0 Å². The van der Waals surface area contributed by atoms with Crippen LogP contribution in [0.2, 0.25) is 0 Å². The molecule has 0 bridgehead atoms. The third kappa shape index (κ3) is 2.85. The van der Waals surface area contributed by atoms with Gasteiger partial charge < -0.3 is 10.6 Å². The molecule has 2 heterocycles. The quantitative estimate of drug-likeness (QED) is 0.902. The fraction of sp³-hybridized carbons (Fsp3) is 0.476. The van der Waals surface area contributed by atoms with Crippen LogP contribution in [0.4, 0.5) is 5.95 Å². The molecule has 1 aromatic carbocycles. The van der Waals surface area contributed by atoms with Crippen LogP contribution in [0.25, 0.3) is 0 Å². The van der Waals surface area contributed by atoms with Gasteiger partial charge in [-0.15, -0.1) is 0 Å². The lowest BCUT2D eigenvalue weighted by Crippen LogP contribution is -2.44. The Morgan fingerprint density at radius 1 is 1.15 bits per heavy atom. The molecule has 0 unspecified atom stereocenters. The number of nitrogens with zero attached hydrogens (tertiary/aromatic N) is 3. The number of carbonyl (C=O) groups excluding carboxylic acids is 1. The molecular weight excluding hydrogens is 324 g/mol. The van der Waals surface area contributed by atoms with Crippen molar-refractivity contribution in [1.82, 2.24) is 14.9 Å². The van der Waals surface area contributed by atoms with Gasteiger partial charge in [0.25, 0.3) is 5.91 Å². The third-order valence-corrected chi connectivity index (χ3v) is 6.04. The minimum absolute atomic E-state index is 0.0258. The molecule has 2 N–H and O–H groups in total. The molecule has 0 atom stereocenters. The number of anilines is 1. The summed E-state index contributed by atoms with van der Waals surface area (Å²) in [6.07, 6.45) is 4.40. The van der Waals surface area contributed by atoms with E-state index in [9.17, 15) is 4.79 Å². The zero-order chi connectivity index (χ0) is 18.3. The fourth-order valence-corrected chi connectivity index (χ4v) is 4.47. The maximum Gasteiger partial charge on any atom is 0.272 e. The van der Waals surface area contributed by atoms with Gasteiger partial charge in [-0.3, -0.25) is 4.79 Å². The van der Waals surface area contributed by atoms with Gasteiger partial charge in [0.15, 0.2) is 0 Å². The van der Waals surface area contributed by atoms with E-state index in [-0.39, 0.29) is 23.2 Å².